The Kier molecular flexibility index (Phi) is 5.80. The second-order valence-electron chi connectivity index (χ2n) is 7.24. The van der Waals surface area contributed by atoms with Crippen molar-refractivity contribution in [3.8, 4) is 5.75 Å². The SMILES string of the molecule is COc1ccc(C2/C(=C(\O)c3ccncc3)C(=O)C(=O)N2CCc2ccccc2)cc1. The Balaban J connectivity index is 1.77. The molecule has 4 rings (SSSR count). The average Bonchev–Trinajstić information content (AvgIpc) is 3.08. The Morgan fingerprint density at radius 3 is 2.32 bits per heavy atom. The number of aliphatic hydroxyl groups is 1. The van der Waals surface area contributed by atoms with Crippen LogP contribution in [0.1, 0.15) is 22.7 Å². The zero-order chi connectivity index (χ0) is 21.8. The van der Waals surface area contributed by atoms with E-state index in [2.05, 4.69) is 4.98 Å². The highest BCUT2D eigenvalue weighted by Gasteiger charge is 2.45. The molecule has 156 valence electrons. The number of nitrogens with zero attached hydrogens (tertiary/aromatic N) is 2. The molecule has 1 amide bonds. The number of carbonyl (C=O) groups excluding carboxylic acids is 2. The first-order valence-corrected chi connectivity index (χ1v) is 9.97. The van der Waals surface area contributed by atoms with Gasteiger partial charge in [-0.2, -0.15) is 0 Å². The molecule has 0 aliphatic carbocycles. The van der Waals surface area contributed by atoms with Gasteiger partial charge in [-0.25, -0.2) is 0 Å². The number of rotatable bonds is 6. The predicted octanol–water partition coefficient (Wildman–Crippen LogP) is 3.75. The van der Waals surface area contributed by atoms with Crippen LogP contribution in [0.25, 0.3) is 5.76 Å². The third-order valence-corrected chi connectivity index (χ3v) is 5.41. The van der Waals surface area contributed by atoms with Crippen molar-refractivity contribution < 1.29 is 19.4 Å². The Morgan fingerprint density at radius 2 is 1.68 bits per heavy atom. The van der Waals surface area contributed by atoms with E-state index in [1.807, 2.05) is 42.5 Å². The first-order chi connectivity index (χ1) is 15.1. The maximum atomic E-state index is 13.0. The molecule has 1 saturated heterocycles. The zero-order valence-electron chi connectivity index (χ0n) is 17.1. The smallest absolute Gasteiger partial charge is 0.295 e. The van der Waals surface area contributed by atoms with Crippen LogP contribution in [-0.2, 0) is 16.0 Å². The van der Waals surface area contributed by atoms with Crippen LogP contribution >= 0.6 is 0 Å². The van der Waals surface area contributed by atoms with Gasteiger partial charge in [-0.15, -0.1) is 0 Å². The van der Waals surface area contributed by atoms with E-state index in [0.717, 1.165) is 11.1 Å². The molecule has 1 aliphatic rings. The lowest BCUT2D eigenvalue weighted by atomic mass is 9.95. The highest BCUT2D eigenvalue weighted by Crippen LogP contribution is 2.39. The number of carbonyl (C=O) groups is 2. The average molecular weight is 414 g/mol. The fourth-order valence-electron chi connectivity index (χ4n) is 3.80. The Morgan fingerprint density at radius 1 is 1.00 bits per heavy atom. The number of hydrogen-bond donors (Lipinski definition) is 1. The molecule has 0 saturated carbocycles. The molecule has 2 heterocycles. The summed E-state index contributed by atoms with van der Waals surface area (Å²) in [5.74, 6) is -0.849. The molecular formula is C25H22N2O4. The summed E-state index contributed by atoms with van der Waals surface area (Å²) in [6.07, 6.45) is 3.65. The number of methoxy groups -OCH3 is 1. The first kappa shape index (κ1) is 20.3. The fourth-order valence-corrected chi connectivity index (χ4v) is 3.80. The highest BCUT2D eigenvalue weighted by atomic mass is 16.5. The van der Waals surface area contributed by atoms with Crippen molar-refractivity contribution in [1.82, 2.24) is 9.88 Å². The number of amides is 1. The molecule has 3 aromatic rings. The van der Waals surface area contributed by atoms with Crippen molar-refractivity contribution in [3.63, 3.8) is 0 Å². The molecule has 2 aromatic carbocycles. The predicted molar refractivity (Wildman–Crippen MR) is 116 cm³/mol. The van der Waals surface area contributed by atoms with Crippen LogP contribution in [0.3, 0.4) is 0 Å². The second-order valence-corrected chi connectivity index (χ2v) is 7.24. The van der Waals surface area contributed by atoms with Crippen molar-refractivity contribution in [1.29, 1.82) is 0 Å². The minimum Gasteiger partial charge on any atom is -0.507 e. The van der Waals surface area contributed by atoms with Gasteiger partial charge in [0.15, 0.2) is 0 Å². The molecule has 1 fully saturated rings. The number of benzene rings is 2. The van der Waals surface area contributed by atoms with E-state index in [0.29, 0.717) is 24.3 Å². The van der Waals surface area contributed by atoms with Crippen LogP contribution in [0.15, 0.2) is 84.7 Å². The minimum atomic E-state index is -0.692. The summed E-state index contributed by atoms with van der Waals surface area (Å²) in [6, 6.07) is 19.5. The molecule has 0 bridgehead atoms. The number of hydrogen-bond acceptors (Lipinski definition) is 5. The number of Topliss-reactive ketones (excluding diaryl/α,β-unsaturated/α-hetero) is 1. The molecule has 1 unspecified atom stereocenters. The van der Waals surface area contributed by atoms with Crippen molar-refractivity contribution >= 4 is 17.4 Å². The summed E-state index contributed by atoms with van der Waals surface area (Å²) < 4.78 is 5.23. The summed E-state index contributed by atoms with van der Waals surface area (Å²) in [4.78, 5) is 31.5. The van der Waals surface area contributed by atoms with Crippen LogP contribution in [0.5, 0.6) is 5.75 Å². The van der Waals surface area contributed by atoms with Crippen molar-refractivity contribution in [3.05, 3.63) is 101 Å². The van der Waals surface area contributed by atoms with Gasteiger partial charge < -0.3 is 14.7 Å². The van der Waals surface area contributed by atoms with Gasteiger partial charge in [0.05, 0.1) is 18.7 Å². The standard InChI is InChI=1S/C25H22N2O4/c1-31-20-9-7-18(8-10-20)22-21(23(28)19-11-14-26-15-12-19)24(29)25(30)27(22)16-13-17-5-3-2-4-6-17/h2-12,14-15,22,28H,13,16H2,1H3/b23-21+. The van der Waals surface area contributed by atoms with Gasteiger partial charge in [0.25, 0.3) is 11.7 Å². The number of aliphatic hydroxyl groups excluding tert-OH is 1. The zero-order valence-corrected chi connectivity index (χ0v) is 17.1. The van der Waals surface area contributed by atoms with E-state index >= 15 is 0 Å². The molecule has 6 heteroatoms. The Bertz CT molecular complexity index is 1110. The van der Waals surface area contributed by atoms with E-state index in [9.17, 15) is 14.7 Å². The number of ether oxygens (including phenoxy) is 1. The number of aromatic nitrogens is 1. The van der Waals surface area contributed by atoms with Gasteiger partial charge in [0.2, 0.25) is 0 Å². The summed E-state index contributed by atoms with van der Waals surface area (Å²) in [6.45, 7) is 0.346. The summed E-state index contributed by atoms with van der Waals surface area (Å²) >= 11 is 0. The molecule has 31 heavy (non-hydrogen) atoms. The third kappa shape index (κ3) is 4.05. The second kappa shape index (κ2) is 8.83. The molecule has 1 N–H and O–H groups in total. The molecule has 6 nitrogen and oxygen atoms in total. The van der Waals surface area contributed by atoms with E-state index < -0.39 is 17.7 Å². The van der Waals surface area contributed by atoms with Crippen LogP contribution in [-0.4, -0.2) is 40.3 Å². The Hall–Kier alpha value is -3.93. The van der Waals surface area contributed by atoms with Gasteiger partial charge in [-0.05, 0) is 41.8 Å². The molecule has 0 radical (unpaired) electrons. The minimum absolute atomic E-state index is 0.0782. The summed E-state index contributed by atoms with van der Waals surface area (Å²) in [5.41, 5.74) is 2.31. The van der Waals surface area contributed by atoms with Crippen molar-refractivity contribution in [2.24, 2.45) is 0 Å². The molecule has 1 atom stereocenters. The van der Waals surface area contributed by atoms with E-state index in [1.54, 1.807) is 31.4 Å². The third-order valence-electron chi connectivity index (χ3n) is 5.41. The topological polar surface area (TPSA) is 79.7 Å². The number of likely N-dealkylation sites (tertiary alicyclic amines) is 1. The summed E-state index contributed by atoms with van der Waals surface area (Å²) in [5, 5.41) is 11.0. The maximum absolute atomic E-state index is 13.0. The van der Waals surface area contributed by atoms with Crippen LogP contribution < -0.4 is 4.74 Å². The van der Waals surface area contributed by atoms with Gasteiger partial charge in [0, 0.05) is 24.5 Å². The first-order valence-electron chi connectivity index (χ1n) is 9.97. The van der Waals surface area contributed by atoms with Gasteiger partial charge in [-0.1, -0.05) is 42.5 Å². The highest BCUT2D eigenvalue weighted by molar-refractivity contribution is 6.46. The van der Waals surface area contributed by atoms with Crippen LogP contribution in [0.2, 0.25) is 0 Å². The molecule has 1 aliphatic heterocycles. The van der Waals surface area contributed by atoms with E-state index in [4.69, 9.17) is 4.74 Å². The lowest BCUT2D eigenvalue weighted by Crippen LogP contribution is -2.31. The summed E-state index contributed by atoms with van der Waals surface area (Å²) in [7, 11) is 1.57. The largest absolute Gasteiger partial charge is 0.507 e. The van der Waals surface area contributed by atoms with Gasteiger partial charge >= 0.3 is 0 Å². The van der Waals surface area contributed by atoms with Gasteiger partial charge in [0.1, 0.15) is 11.5 Å². The maximum Gasteiger partial charge on any atom is 0.295 e. The van der Waals surface area contributed by atoms with Crippen molar-refractivity contribution in [2.75, 3.05) is 13.7 Å². The van der Waals surface area contributed by atoms with Crippen molar-refractivity contribution in [2.45, 2.75) is 12.5 Å². The molecular weight excluding hydrogens is 392 g/mol. The lowest BCUT2D eigenvalue weighted by Gasteiger charge is -2.25. The quantitative estimate of drug-likeness (QED) is 0.377. The normalized spacial score (nSPS) is 17.7. The van der Waals surface area contributed by atoms with E-state index in [1.165, 1.54) is 17.3 Å². The molecule has 0 spiro atoms. The monoisotopic (exact) mass is 414 g/mol. The fraction of sp³-hybridized carbons (Fsp3) is 0.160. The van der Waals surface area contributed by atoms with Crippen LogP contribution in [0, 0.1) is 0 Å². The van der Waals surface area contributed by atoms with Gasteiger partial charge in [-0.3, -0.25) is 14.6 Å². The van der Waals surface area contributed by atoms with Crippen LogP contribution in [0.4, 0.5) is 0 Å². The van der Waals surface area contributed by atoms with E-state index in [-0.39, 0.29) is 11.3 Å². The Labute approximate surface area is 180 Å². The number of pyridine rings is 1. The number of ketones is 1. The lowest BCUT2D eigenvalue weighted by molar-refractivity contribution is -0.139. The molecule has 1 aromatic heterocycles.